The third-order valence-electron chi connectivity index (χ3n) is 3.16. The molecule has 0 heterocycles. The minimum absolute atomic E-state index is 0.0664. The second kappa shape index (κ2) is 6.25. The number of hydrogen-bond acceptors (Lipinski definition) is 5. The molecule has 2 rings (SSSR count). The van der Waals surface area contributed by atoms with Crippen molar-refractivity contribution in [3.63, 3.8) is 0 Å². The fourth-order valence-corrected chi connectivity index (χ4v) is 3.19. The van der Waals surface area contributed by atoms with Crippen LogP contribution in [0.3, 0.4) is 0 Å². The fraction of sp³-hybridized carbons (Fsp3) is 0.200. The van der Waals surface area contributed by atoms with Gasteiger partial charge in [0.05, 0.1) is 22.0 Å². The smallest absolute Gasteiger partial charge is 0.261 e. The van der Waals surface area contributed by atoms with Gasteiger partial charge in [0.15, 0.2) is 0 Å². The maximum Gasteiger partial charge on any atom is 0.297 e. The van der Waals surface area contributed by atoms with Crippen LogP contribution in [0.2, 0.25) is 0 Å². The van der Waals surface area contributed by atoms with Gasteiger partial charge in [-0.25, -0.2) is 0 Å². The molecule has 0 aliphatic heterocycles. The summed E-state index contributed by atoms with van der Waals surface area (Å²) in [5, 5.41) is 10.9. The molecule has 2 aromatic rings. The average Bonchev–Trinajstić information content (AvgIpc) is 2.45. The number of benzene rings is 2. The molecular formula is C15H15NO5S. The molecule has 0 spiro atoms. The second-order valence-electron chi connectivity index (χ2n) is 4.87. The normalized spacial score (nSPS) is 11.4. The summed E-state index contributed by atoms with van der Waals surface area (Å²) in [6.07, 6.45) is 0. The lowest BCUT2D eigenvalue weighted by atomic mass is 10.2. The highest BCUT2D eigenvalue weighted by molar-refractivity contribution is 7.86. The fourth-order valence-electron chi connectivity index (χ4n) is 2.10. The van der Waals surface area contributed by atoms with Gasteiger partial charge >= 0.3 is 0 Å². The van der Waals surface area contributed by atoms with Crippen LogP contribution >= 0.6 is 0 Å². The van der Waals surface area contributed by atoms with Crippen molar-refractivity contribution in [3.05, 3.63) is 69.3 Å². The first-order valence-corrected chi connectivity index (χ1v) is 7.91. The molecule has 0 bridgehead atoms. The zero-order valence-electron chi connectivity index (χ0n) is 12.1. The van der Waals surface area contributed by atoms with E-state index in [0.29, 0.717) is 5.56 Å². The Balaban J connectivity index is 2.26. The maximum atomic E-state index is 12.2. The van der Waals surface area contributed by atoms with Gasteiger partial charge in [0.2, 0.25) is 0 Å². The van der Waals surface area contributed by atoms with E-state index in [9.17, 15) is 18.5 Å². The molecular weight excluding hydrogens is 306 g/mol. The van der Waals surface area contributed by atoms with Crippen LogP contribution in [0, 0.1) is 24.0 Å². The van der Waals surface area contributed by atoms with E-state index in [-0.39, 0.29) is 22.8 Å². The van der Waals surface area contributed by atoms with E-state index in [1.807, 2.05) is 6.92 Å². The van der Waals surface area contributed by atoms with Crippen molar-refractivity contribution >= 4 is 15.8 Å². The highest BCUT2D eigenvalue weighted by Crippen LogP contribution is 2.23. The number of hydrogen-bond donors (Lipinski definition) is 0. The molecule has 116 valence electrons. The number of nitro groups is 1. The molecule has 0 saturated carbocycles. The Labute approximate surface area is 128 Å². The summed E-state index contributed by atoms with van der Waals surface area (Å²) >= 11 is 0. The van der Waals surface area contributed by atoms with E-state index in [4.69, 9.17) is 4.18 Å². The molecule has 0 aliphatic carbocycles. The third-order valence-corrected chi connectivity index (χ3v) is 4.58. The van der Waals surface area contributed by atoms with E-state index in [1.165, 1.54) is 24.3 Å². The SMILES string of the molecule is Cc1ccc(S(=O)(=O)OCc2ccccc2[N+](=O)[O-])c(C)c1. The van der Waals surface area contributed by atoms with Crippen molar-refractivity contribution < 1.29 is 17.5 Å². The summed E-state index contributed by atoms with van der Waals surface area (Å²) in [5.41, 5.74) is 1.55. The number of nitrogens with zero attached hydrogens (tertiary/aromatic N) is 1. The van der Waals surface area contributed by atoms with Crippen molar-refractivity contribution in [3.8, 4) is 0 Å². The monoisotopic (exact) mass is 321 g/mol. The van der Waals surface area contributed by atoms with Gasteiger partial charge in [-0.2, -0.15) is 8.42 Å². The minimum atomic E-state index is -3.97. The lowest BCUT2D eigenvalue weighted by Gasteiger charge is -2.09. The van der Waals surface area contributed by atoms with E-state index >= 15 is 0 Å². The number of para-hydroxylation sites is 1. The van der Waals surface area contributed by atoms with Gasteiger partial charge in [0.1, 0.15) is 0 Å². The van der Waals surface area contributed by atoms with Gasteiger partial charge in [0.25, 0.3) is 15.8 Å². The van der Waals surface area contributed by atoms with Crippen LogP contribution in [0.4, 0.5) is 5.69 Å². The molecule has 0 saturated heterocycles. The molecule has 0 aliphatic rings. The average molecular weight is 321 g/mol. The van der Waals surface area contributed by atoms with Gasteiger partial charge < -0.3 is 0 Å². The van der Waals surface area contributed by atoms with E-state index in [0.717, 1.165) is 5.56 Å². The van der Waals surface area contributed by atoms with Gasteiger partial charge in [-0.05, 0) is 31.5 Å². The standard InChI is InChI=1S/C15H15NO5S/c1-11-7-8-15(12(2)9-11)22(19,20)21-10-13-5-3-4-6-14(13)16(17)18/h3-9H,10H2,1-2H3. The summed E-state index contributed by atoms with van der Waals surface area (Å²) in [6.45, 7) is 3.15. The first-order chi connectivity index (χ1) is 10.3. The van der Waals surface area contributed by atoms with Crippen molar-refractivity contribution in [1.82, 2.24) is 0 Å². The first-order valence-electron chi connectivity index (χ1n) is 6.50. The van der Waals surface area contributed by atoms with Crippen molar-refractivity contribution in [2.45, 2.75) is 25.3 Å². The van der Waals surface area contributed by atoms with E-state index < -0.39 is 15.0 Å². The quantitative estimate of drug-likeness (QED) is 0.480. The van der Waals surface area contributed by atoms with Crippen LogP contribution in [-0.2, 0) is 20.9 Å². The Morgan fingerprint density at radius 2 is 1.82 bits per heavy atom. The second-order valence-corrected chi connectivity index (χ2v) is 6.45. The van der Waals surface area contributed by atoms with Crippen molar-refractivity contribution in [2.75, 3.05) is 0 Å². The Morgan fingerprint density at radius 1 is 1.14 bits per heavy atom. The molecule has 0 amide bonds. The largest absolute Gasteiger partial charge is 0.297 e. The van der Waals surface area contributed by atoms with E-state index in [1.54, 1.807) is 25.1 Å². The van der Waals surface area contributed by atoms with Gasteiger partial charge in [0, 0.05) is 6.07 Å². The first kappa shape index (κ1) is 16.1. The number of rotatable bonds is 5. The predicted molar refractivity (Wildman–Crippen MR) is 81.0 cm³/mol. The molecule has 6 nitrogen and oxygen atoms in total. The minimum Gasteiger partial charge on any atom is -0.261 e. The Kier molecular flexibility index (Phi) is 4.58. The summed E-state index contributed by atoms with van der Waals surface area (Å²) < 4.78 is 29.4. The lowest BCUT2D eigenvalue weighted by molar-refractivity contribution is -0.385. The Morgan fingerprint density at radius 3 is 2.45 bits per heavy atom. The summed E-state index contributed by atoms with van der Waals surface area (Å²) in [6, 6.07) is 10.8. The van der Waals surface area contributed by atoms with Crippen LogP contribution in [0.1, 0.15) is 16.7 Å². The zero-order valence-corrected chi connectivity index (χ0v) is 13.0. The number of nitro benzene ring substituents is 1. The molecule has 0 radical (unpaired) electrons. The Bertz CT molecular complexity index is 814. The molecule has 0 aromatic heterocycles. The summed E-state index contributed by atoms with van der Waals surface area (Å²) in [4.78, 5) is 10.4. The molecule has 0 N–H and O–H groups in total. The highest BCUT2D eigenvalue weighted by Gasteiger charge is 2.20. The van der Waals surface area contributed by atoms with Crippen molar-refractivity contribution in [2.24, 2.45) is 0 Å². The van der Waals surface area contributed by atoms with E-state index in [2.05, 4.69) is 0 Å². The van der Waals surface area contributed by atoms with Crippen LogP contribution < -0.4 is 0 Å². The number of aryl methyl sites for hydroxylation is 2. The van der Waals surface area contributed by atoms with Crippen LogP contribution in [0.15, 0.2) is 47.4 Å². The van der Waals surface area contributed by atoms with Gasteiger partial charge in [-0.1, -0.05) is 29.8 Å². The molecule has 2 aromatic carbocycles. The van der Waals surface area contributed by atoms with Gasteiger partial charge in [-0.3, -0.25) is 14.3 Å². The molecule has 7 heteroatoms. The topological polar surface area (TPSA) is 86.5 Å². The third kappa shape index (κ3) is 3.49. The Hall–Kier alpha value is -2.25. The molecule has 22 heavy (non-hydrogen) atoms. The highest BCUT2D eigenvalue weighted by atomic mass is 32.2. The lowest BCUT2D eigenvalue weighted by Crippen LogP contribution is -2.09. The van der Waals surface area contributed by atoms with Crippen LogP contribution in [-0.4, -0.2) is 13.3 Å². The summed E-state index contributed by atoms with van der Waals surface area (Å²) in [5.74, 6) is 0. The predicted octanol–water partition coefficient (Wildman–Crippen LogP) is 3.12. The molecule has 0 fully saturated rings. The van der Waals surface area contributed by atoms with Crippen LogP contribution in [0.5, 0.6) is 0 Å². The van der Waals surface area contributed by atoms with Gasteiger partial charge in [-0.15, -0.1) is 0 Å². The molecule has 0 unspecified atom stereocenters. The van der Waals surface area contributed by atoms with Crippen molar-refractivity contribution in [1.29, 1.82) is 0 Å². The molecule has 0 atom stereocenters. The summed E-state index contributed by atoms with van der Waals surface area (Å²) in [7, 11) is -3.97. The maximum absolute atomic E-state index is 12.2. The van der Waals surface area contributed by atoms with Crippen LogP contribution in [0.25, 0.3) is 0 Å². The zero-order chi connectivity index (χ0) is 16.3.